The molecule has 94 valence electrons. The molecule has 0 aromatic heterocycles. The monoisotopic (exact) mass is 330 g/mol. The summed E-state index contributed by atoms with van der Waals surface area (Å²) in [7, 11) is -3.93. The van der Waals surface area contributed by atoms with Gasteiger partial charge in [0, 0.05) is 15.9 Å². The molecule has 0 fully saturated rings. The minimum atomic E-state index is -3.93. The molecule has 2 rings (SSSR count). The highest BCUT2D eigenvalue weighted by Crippen LogP contribution is 2.35. The topological polar surface area (TPSA) is 103 Å². The summed E-state index contributed by atoms with van der Waals surface area (Å²) in [6, 6.07) is 6.94. The molecule has 0 radical (unpaired) electrons. The van der Waals surface area contributed by atoms with E-state index in [0.717, 1.165) is 0 Å². The highest BCUT2D eigenvalue weighted by Gasteiger charge is 2.20. The van der Waals surface area contributed by atoms with Crippen molar-refractivity contribution in [2.75, 3.05) is 0 Å². The number of rotatable bonds is 2. The Kier molecular flexibility index (Phi) is 3.09. The number of nitro groups is 1. The van der Waals surface area contributed by atoms with Crippen molar-refractivity contribution in [3.63, 3.8) is 0 Å². The average Bonchev–Trinajstić information content (AvgIpc) is 2.27. The summed E-state index contributed by atoms with van der Waals surface area (Å²) in [4.78, 5) is 10.2. The Morgan fingerprint density at radius 2 is 1.89 bits per heavy atom. The van der Waals surface area contributed by atoms with Gasteiger partial charge in [0.2, 0.25) is 10.0 Å². The largest absolute Gasteiger partial charge is 0.278 e. The number of nitrogens with zero attached hydrogens (tertiary/aromatic N) is 1. The molecular formula is C10H7BrN2O4S. The number of hydrogen-bond acceptors (Lipinski definition) is 4. The number of sulfonamides is 1. The number of nitrogens with two attached hydrogens (primary N) is 1. The molecule has 18 heavy (non-hydrogen) atoms. The lowest BCUT2D eigenvalue weighted by Crippen LogP contribution is -2.12. The van der Waals surface area contributed by atoms with Crippen LogP contribution in [-0.2, 0) is 10.0 Å². The molecule has 0 heterocycles. The van der Waals surface area contributed by atoms with Crippen LogP contribution in [0, 0.1) is 10.1 Å². The van der Waals surface area contributed by atoms with Crippen LogP contribution in [0.1, 0.15) is 0 Å². The maximum absolute atomic E-state index is 11.4. The summed E-state index contributed by atoms with van der Waals surface area (Å²) in [6.07, 6.45) is 0. The Bertz CT molecular complexity index is 758. The summed E-state index contributed by atoms with van der Waals surface area (Å²) in [5, 5.41) is 16.5. The van der Waals surface area contributed by atoms with Gasteiger partial charge in [-0.3, -0.25) is 10.1 Å². The van der Waals surface area contributed by atoms with Gasteiger partial charge >= 0.3 is 0 Å². The number of primary sulfonamides is 1. The van der Waals surface area contributed by atoms with Gasteiger partial charge < -0.3 is 0 Å². The van der Waals surface area contributed by atoms with Crippen LogP contribution in [-0.4, -0.2) is 13.3 Å². The molecular weight excluding hydrogens is 324 g/mol. The standard InChI is InChI=1S/C10H7BrN2O4S/c11-7-4-5-9(18(12,16)17)6-2-1-3-8(10(6)7)13(14)15/h1-5H,(H2,12,16,17). The predicted octanol–water partition coefficient (Wildman–Crippen LogP) is 2.16. The molecule has 8 heteroatoms. The van der Waals surface area contributed by atoms with Gasteiger partial charge in [-0.25, -0.2) is 13.6 Å². The lowest BCUT2D eigenvalue weighted by molar-refractivity contribution is -0.383. The molecule has 0 atom stereocenters. The van der Waals surface area contributed by atoms with E-state index in [1.165, 1.54) is 30.3 Å². The molecule has 0 aliphatic rings. The maximum Gasteiger partial charge on any atom is 0.278 e. The van der Waals surface area contributed by atoms with Crippen molar-refractivity contribution >= 4 is 42.4 Å². The predicted molar refractivity (Wildman–Crippen MR) is 69.7 cm³/mol. The first-order valence-electron chi connectivity index (χ1n) is 4.71. The Hall–Kier alpha value is -1.51. The van der Waals surface area contributed by atoms with Crippen LogP contribution in [0.2, 0.25) is 0 Å². The third-order valence-corrected chi connectivity index (χ3v) is 4.06. The molecule has 0 spiro atoms. The van der Waals surface area contributed by atoms with Gasteiger partial charge in [0.05, 0.1) is 15.2 Å². The molecule has 0 aliphatic carbocycles. The lowest BCUT2D eigenvalue weighted by Gasteiger charge is -2.06. The second kappa shape index (κ2) is 4.30. The molecule has 0 bridgehead atoms. The highest BCUT2D eigenvalue weighted by molar-refractivity contribution is 9.10. The number of fused-ring (bicyclic) bond motifs is 1. The van der Waals surface area contributed by atoms with Crippen molar-refractivity contribution in [1.29, 1.82) is 0 Å². The second-order valence-electron chi connectivity index (χ2n) is 3.55. The highest BCUT2D eigenvalue weighted by atomic mass is 79.9. The smallest absolute Gasteiger partial charge is 0.258 e. The van der Waals surface area contributed by atoms with Crippen LogP contribution >= 0.6 is 15.9 Å². The number of hydrogen-bond donors (Lipinski definition) is 1. The molecule has 0 aliphatic heterocycles. The Morgan fingerprint density at radius 1 is 1.22 bits per heavy atom. The van der Waals surface area contributed by atoms with Crippen molar-refractivity contribution in [1.82, 2.24) is 0 Å². The molecule has 6 nitrogen and oxygen atoms in total. The summed E-state index contributed by atoms with van der Waals surface area (Å²) in [5.74, 6) is 0. The van der Waals surface area contributed by atoms with Crippen molar-refractivity contribution in [3.8, 4) is 0 Å². The quantitative estimate of drug-likeness (QED) is 0.672. The van der Waals surface area contributed by atoms with E-state index in [0.29, 0.717) is 4.47 Å². The Balaban J connectivity index is 3.02. The number of benzene rings is 2. The van der Waals surface area contributed by atoms with E-state index >= 15 is 0 Å². The molecule has 0 amide bonds. The van der Waals surface area contributed by atoms with Crippen LogP contribution in [0.5, 0.6) is 0 Å². The fourth-order valence-electron chi connectivity index (χ4n) is 1.72. The first-order valence-corrected chi connectivity index (χ1v) is 7.04. The molecule has 2 N–H and O–H groups in total. The molecule has 0 saturated heterocycles. The Labute approximate surface area is 111 Å². The third-order valence-electron chi connectivity index (χ3n) is 2.43. The Morgan fingerprint density at radius 3 is 2.44 bits per heavy atom. The van der Waals surface area contributed by atoms with Crippen molar-refractivity contribution in [2.45, 2.75) is 4.90 Å². The van der Waals surface area contributed by atoms with Crippen molar-refractivity contribution in [3.05, 3.63) is 44.9 Å². The fourth-order valence-corrected chi connectivity index (χ4v) is 3.00. The molecule has 0 unspecified atom stereocenters. The average molecular weight is 331 g/mol. The van der Waals surface area contributed by atoms with Crippen LogP contribution < -0.4 is 5.14 Å². The van der Waals surface area contributed by atoms with E-state index in [4.69, 9.17) is 5.14 Å². The van der Waals surface area contributed by atoms with Gasteiger partial charge in [0.25, 0.3) is 5.69 Å². The maximum atomic E-state index is 11.4. The SMILES string of the molecule is NS(=O)(=O)c1ccc(Br)c2c([N+](=O)[O-])cccc12. The van der Waals surface area contributed by atoms with Crippen molar-refractivity contribution in [2.24, 2.45) is 5.14 Å². The zero-order valence-corrected chi connectivity index (χ0v) is 11.2. The van der Waals surface area contributed by atoms with Gasteiger partial charge in [-0.2, -0.15) is 0 Å². The zero-order valence-electron chi connectivity index (χ0n) is 8.83. The van der Waals surface area contributed by atoms with E-state index in [2.05, 4.69) is 15.9 Å². The van der Waals surface area contributed by atoms with Gasteiger partial charge in [-0.1, -0.05) is 12.1 Å². The minimum absolute atomic E-state index is 0.135. The summed E-state index contributed by atoms with van der Waals surface area (Å²) >= 11 is 3.18. The van der Waals surface area contributed by atoms with Crippen LogP contribution in [0.4, 0.5) is 5.69 Å². The van der Waals surface area contributed by atoms with E-state index in [-0.39, 0.29) is 21.4 Å². The summed E-state index contributed by atoms with van der Waals surface area (Å²) in [5.41, 5.74) is -0.176. The second-order valence-corrected chi connectivity index (χ2v) is 5.93. The first kappa shape index (κ1) is 12.9. The van der Waals surface area contributed by atoms with Crippen LogP contribution in [0.15, 0.2) is 39.7 Å². The summed E-state index contributed by atoms with van der Waals surface area (Å²) < 4.78 is 23.3. The number of non-ortho nitro benzene ring substituents is 1. The van der Waals surface area contributed by atoms with Crippen molar-refractivity contribution < 1.29 is 13.3 Å². The summed E-state index contributed by atoms with van der Waals surface area (Å²) in [6.45, 7) is 0. The molecule has 2 aromatic rings. The molecule has 0 saturated carbocycles. The van der Waals surface area contributed by atoms with Gasteiger partial charge in [0.1, 0.15) is 0 Å². The normalized spacial score (nSPS) is 11.7. The number of nitro benzene ring substituents is 1. The van der Waals surface area contributed by atoms with Gasteiger partial charge in [-0.15, -0.1) is 0 Å². The van der Waals surface area contributed by atoms with E-state index in [1.54, 1.807) is 0 Å². The minimum Gasteiger partial charge on any atom is -0.258 e. The van der Waals surface area contributed by atoms with Gasteiger partial charge in [-0.05, 0) is 28.1 Å². The van der Waals surface area contributed by atoms with Crippen LogP contribution in [0.3, 0.4) is 0 Å². The lowest BCUT2D eigenvalue weighted by atomic mass is 10.1. The van der Waals surface area contributed by atoms with E-state index < -0.39 is 14.9 Å². The van der Waals surface area contributed by atoms with E-state index in [1.807, 2.05) is 0 Å². The van der Waals surface area contributed by atoms with Gasteiger partial charge in [0.15, 0.2) is 0 Å². The zero-order chi connectivity index (χ0) is 13.5. The first-order chi connectivity index (χ1) is 8.32. The fraction of sp³-hybridized carbons (Fsp3) is 0. The van der Waals surface area contributed by atoms with Crippen LogP contribution in [0.25, 0.3) is 10.8 Å². The number of halogens is 1. The molecule has 2 aromatic carbocycles. The third kappa shape index (κ3) is 2.09. The van der Waals surface area contributed by atoms with E-state index in [9.17, 15) is 18.5 Å².